The number of carbonyl (C=O) groups is 2. The topological polar surface area (TPSA) is 65.0 Å². The van der Waals surface area contributed by atoms with Crippen LogP contribution in [0.4, 0.5) is 0 Å². The van der Waals surface area contributed by atoms with Crippen molar-refractivity contribution in [2.24, 2.45) is 10.9 Å². The van der Waals surface area contributed by atoms with E-state index in [0.717, 1.165) is 23.2 Å². The van der Waals surface area contributed by atoms with Crippen LogP contribution in [0, 0.1) is 5.92 Å². The molecule has 5 nitrogen and oxygen atoms in total. The minimum absolute atomic E-state index is 0.0514. The van der Waals surface area contributed by atoms with Crippen LogP contribution in [-0.2, 0) is 14.3 Å². The first-order chi connectivity index (χ1) is 15.9. The fourth-order valence-electron chi connectivity index (χ4n) is 4.88. The first-order valence-electron chi connectivity index (χ1n) is 11.6. The van der Waals surface area contributed by atoms with Crippen molar-refractivity contribution in [2.75, 3.05) is 7.11 Å². The summed E-state index contributed by atoms with van der Waals surface area (Å²) in [6, 6.07) is 17.7. The van der Waals surface area contributed by atoms with Crippen molar-refractivity contribution in [2.45, 2.75) is 58.0 Å². The lowest BCUT2D eigenvalue weighted by atomic mass is 9.69. The van der Waals surface area contributed by atoms with Crippen molar-refractivity contribution >= 4 is 17.5 Å². The van der Waals surface area contributed by atoms with Crippen molar-refractivity contribution in [3.63, 3.8) is 0 Å². The number of allylic oxidation sites excluding steroid dienone is 2. The van der Waals surface area contributed by atoms with Crippen LogP contribution in [0.2, 0.25) is 0 Å². The second-order valence-corrected chi connectivity index (χ2v) is 8.94. The number of rotatable bonds is 6. The summed E-state index contributed by atoms with van der Waals surface area (Å²) < 4.78 is 11.2. The Balaban J connectivity index is 1.79. The highest BCUT2D eigenvalue weighted by Crippen LogP contribution is 2.47. The summed E-state index contributed by atoms with van der Waals surface area (Å²) in [4.78, 5) is 31.7. The fourth-order valence-corrected chi connectivity index (χ4v) is 4.88. The molecule has 0 aromatic heterocycles. The molecule has 0 fully saturated rings. The summed E-state index contributed by atoms with van der Waals surface area (Å²) >= 11 is 0. The minimum Gasteiger partial charge on any atom is -0.497 e. The number of ketones is 1. The summed E-state index contributed by atoms with van der Waals surface area (Å²) in [7, 11) is 1.61. The Kier molecular flexibility index (Phi) is 6.77. The van der Waals surface area contributed by atoms with Gasteiger partial charge in [-0.1, -0.05) is 49.4 Å². The molecule has 0 spiro atoms. The first-order valence-corrected chi connectivity index (χ1v) is 11.6. The fraction of sp³-hybridized carbons (Fsp3) is 0.393. The third kappa shape index (κ3) is 4.63. The normalized spacial score (nSPS) is 23.5. The highest BCUT2D eigenvalue weighted by Gasteiger charge is 2.45. The van der Waals surface area contributed by atoms with Crippen LogP contribution < -0.4 is 4.74 Å². The Hall–Kier alpha value is -3.21. The lowest BCUT2D eigenvalue weighted by Gasteiger charge is -2.37. The van der Waals surface area contributed by atoms with Gasteiger partial charge in [0.05, 0.1) is 13.2 Å². The van der Waals surface area contributed by atoms with E-state index in [1.165, 1.54) is 0 Å². The molecule has 172 valence electrons. The molecule has 0 saturated heterocycles. The quantitative estimate of drug-likeness (QED) is 0.542. The number of esters is 1. The molecule has 4 atom stereocenters. The smallest absolute Gasteiger partial charge is 0.315 e. The van der Waals surface area contributed by atoms with Crippen LogP contribution in [0.5, 0.6) is 5.75 Å². The number of hydrogen-bond donors (Lipinski definition) is 0. The molecular formula is C28H31NO4. The van der Waals surface area contributed by atoms with Crippen molar-refractivity contribution in [1.82, 2.24) is 0 Å². The Morgan fingerprint density at radius 2 is 1.82 bits per heavy atom. The number of carbonyl (C=O) groups excluding carboxylic acids is 2. The van der Waals surface area contributed by atoms with E-state index in [0.29, 0.717) is 29.9 Å². The van der Waals surface area contributed by atoms with E-state index in [-0.39, 0.29) is 23.8 Å². The molecule has 1 aliphatic carbocycles. The van der Waals surface area contributed by atoms with Crippen molar-refractivity contribution in [3.8, 4) is 5.75 Å². The van der Waals surface area contributed by atoms with E-state index in [1.54, 1.807) is 7.11 Å². The lowest BCUT2D eigenvalue weighted by molar-refractivity contribution is -0.151. The van der Waals surface area contributed by atoms with Gasteiger partial charge in [0.15, 0.2) is 5.78 Å². The number of aliphatic imine (C=N–C) groups is 1. The molecule has 1 aliphatic heterocycles. The second-order valence-electron chi connectivity index (χ2n) is 8.94. The Morgan fingerprint density at radius 3 is 2.52 bits per heavy atom. The number of hydrogen-bond acceptors (Lipinski definition) is 5. The molecule has 0 radical (unpaired) electrons. The van der Waals surface area contributed by atoms with Gasteiger partial charge in [-0.3, -0.25) is 14.6 Å². The molecule has 2 aromatic carbocycles. The molecule has 33 heavy (non-hydrogen) atoms. The maximum atomic E-state index is 13.6. The number of nitrogens with zero attached hydrogens (tertiary/aromatic N) is 1. The Bertz CT molecular complexity index is 1100. The average Bonchev–Trinajstić information content (AvgIpc) is 2.83. The highest BCUT2D eigenvalue weighted by atomic mass is 16.5. The summed E-state index contributed by atoms with van der Waals surface area (Å²) in [6.07, 6.45) is 1.61. The molecule has 2 aromatic rings. The summed E-state index contributed by atoms with van der Waals surface area (Å²) in [5.74, 6) is -0.577. The van der Waals surface area contributed by atoms with Crippen LogP contribution in [-0.4, -0.2) is 30.7 Å². The minimum atomic E-state index is -0.637. The molecule has 0 N–H and O–H groups in total. The Morgan fingerprint density at radius 1 is 1.09 bits per heavy atom. The standard InChI is InChI=1S/C28H31NO4/c1-5-17(2)33-28(31)25-18(3)29-23-15-21(19-10-7-6-8-11-19)16-24(30)27(23)26(25)20-12-9-13-22(14-20)32-4/h6-14,17,21,25-26H,5,15-16H2,1-4H3/t17-,21-,25?,26-/m1/s1. The van der Waals surface area contributed by atoms with Gasteiger partial charge in [0, 0.05) is 29.3 Å². The SMILES string of the molecule is CC[C@@H](C)OC(=O)C1C(C)=NC2=C(C(=O)C[C@H](c3ccccc3)C2)[C@@H]1c1cccc(OC)c1. The highest BCUT2D eigenvalue weighted by molar-refractivity contribution is 6.09. The van der Waals surface area contributed by atoms with Gasteiger partial charge >= 0.3 is 5.97 Å². The van der Waals surface area contributed by atoms with Gasteiger partial charge in [-0.2, -0.15) is 0 Å². The van der Waals surface area contributed by atoms with Gasteiger partial charge in [-0.25, -0.2) is 0 Å². The van der Waals surface area contributed by atoms with Gasteiger partial charge < -0.3 is 9.47 Å². The third-order valence-corrected chi connectivity index (χ3v) is 6.76. The lowest BCUT2D eigenvalue weighted by Crippen LogP contribution is -2.39. The van der Waals surface area contributed by atoms with Crippen LogP contribution >= 0.6 is 0 Å². The molecule has 4 rings (SSSR count). The third-order valence-electron chi connectivity index (χ3n) is 6.76. The largest absolute Gasteiger partial charge is 0.497 e. The number of benzene rings is 2. The number of ether oxygens (including phenoxy) is 2. The van der Waals surface area contributed by atoms with E-state index in [9.17, 15) is 9.59 Å². The molecule has 5 heteroatoms. The zero-order chi connectivity index (χ0) is 23.5. The predicted octanol–water partition coefficient (Wildman–Crippen LogP) is 5.61. The summed E-state index contributed by atoms with van der Waals surface area (Å²) in [5.41, 5.74) is 4.14. The van der Waals surface area contributed by atoms with E-state index < -0.39 is 11.8 Å². The van der Waals surface area contributed by atoms with Crippen molar-refractivity contribution < 1.29 is 19.1 Å². The first kappa shape index (κ1) is 23.0. The molecule has 1 heterocycles. The second kappa shape index (κ2) is 9.74. The molecule has 2 aliphatic rings. The maximum absolute atomic E-state index is 13.6. The number of Topliss-reactive ketones (excluding diaryl/α,β-unsaturated/α-hetero) is 1. The van der Waals surface area contributed by atoms with Gasteiger partial charge in [0.25, 0.3) is 0 Å². The average molecular weight is 446 g/mol. The Labute approximate surface area is 195 Å². The zero-order valence-corrected chi connectivity index (χ0v) is 19.7. The van der Waals surface area contributed by atoms with E-state index in [2.05, 4.69) is 12.1 Å². The zero-order valence-electron chi connectivity index (χ0n) is 19.7. The maximum Gasteiger partial charge on any atom is 0.315 e. The van der Waals surface area contributed by atoms with Crippen LogP contribution in [0.25, 0.3) is 0 Å². The molecule has 1 unspecified atom stereocenters. The van der Waals surface area contributed by atoms with E-state index in [1.807, 2.05) is 63.2 Å². The summed E-state index contributed by atoms with van der Waals surface area (Å²) in [5, 5.41) is 0. The molecule has 0 saturated carbocycles. The van der Waals surface area contributed by atoms with Crippen molar-refractivity contribution in [3.05, 3.63) is 77.0 Å². The van der Waals surface area contributed by atoms with Crippen LogP contribution in [0.3, 0.4) is 0 Å². The van der Waals surface area contributed by atoms with Gasteiger partial charge in [0.2, 0.25) is 0 Å². The molecule has 0 bridgehead atoms. The van der Waals surface area contributed by atoms with Crippen molar-refractivity contribution in [1.29, 1.82) is 0 Å². The van der Waals surface area contributed by atoms with Crippen LogP contribution in [0.15, 0.2) is 70.9 Å². The monoisotopic (exact) mass is 445 g/mol. The van der Waals surface area contributed by atoms with Gasteiger partial charge in [-0.05, 0) is 55.9 Å². The summed E-state index contributed by atoms with van der Waals surface area (Å²) in [6.45, 7) is 5.74. The van der Waals surface area contributed by atoms with Crippen LogP contribution in [0.1, 0.15) is 63.0 Å². The van der Waals surface area contributed by atoms with E-state index in [4.69, 9.17) is 14.5 Å². The van der Waals surface area contributed by atoms with Gasteiger partial charge in [-0.15, -0.1) is 0 Å². The molecular weight excluding hydrogens is 414 g/mol. The molecule has 0 amide bonds. The number of methoxy groups -OCH3 is 1. The predicted molar refractivity (Wildman–Crippen MR) is 129 cm³/mol. The van der Waals surface area contributed by atoms with Gasteiger partial charge in [0.1, 0.15) is 11.7 Å². The van der Waals surface area contributed by atoms with E-state index >= 15 is 0 Å².